The highest BCUT2D eigenvalue weighted by Gasteiger charge is 2.21. The average molecular weight is 411 g/mol. The molecule has 0 atom stereocenters. The molecular formula is C23H23ClN2O3. The first-order chi connectivity index (χ1) is 14.2. The van der Waals surface area contributed by atoms with Gasteiger partial charge < -0.3 is 18.9 Å². The maximum Gasteiger partial charge on any atom is 0.254 e. The van der Waals surface area contributed by atoms with Gasteiger partial charge in [-0.1, -0.05) is 36.7 Å². The first-order valence-corrected chi connectivity index (χ1v) is 10.1. The Hall–Kier alpha value is -2.92. The van der Waals surface area contributed by atoms with Gasteiger partial charge in [-0.15, -0.1) is 0 Å². The molecule has 1 aliphatic heterocycles. The molecule has 0 saturated carbocycles. The van der Waals surface area contributed by atoms with E-state index in [1.165, 1.54) is 0 Å². The van der Waals surface area contributed by atoms with Crippen molar-refractivity contribution in [3.8, 4) is 11.5 Å². The molecule has 0 N–H and O–H groups in total. The van der Waals surface area contributed by atoms with E-state index in [0.29, 0.717) is 36.7 Å². The quantitative estimate of drug-likeness (QED) is 0.552. The molecule has 5 nitrogen and oxygen atoms in total. The average Bonchev–Trinajstić information content (AvgIpc) is 3.37. The summed E-state index contributed by atoms with van der Waals surface area (Å²) in [5.74, 6) is 1.28. The molecular weight excluding hydrogens is 388 g/mol. The van der Waals surface area contributed by atoms with Gasteiger partial charge in [-0.25, -0.2) is 0 Å². The molecule has 0 fully saturated rings. The molecule has 1 aliphatic rings. The number of fused-ring (bicyclic) bond motifs is 1. The fraction of sp³-hybridized carbons (Fsp3) is 0.261. The van der Waals surface area contributed by atoms with E-state index in [4.69, 9.17) is 21.1 Å². The Morgan fingerprint density at radius 3 is 2.76 bits per heavy atom. The van der Waals surface area contributed by atoms with E-state index in [1.807, 2.05) is 47.5 Å². The van der Waals surface area contributed by atoms with Crippen molar-refractivity contribution in [2.24, 2.45) is 0 Å². The zero-order valence-corrected chi connectivity index (χ0v) is 17.1. The fourth-order valence-electron chi connectivity index (χ4n) is 3.49. The maximum absolute atomic E-state index is 13.2. The maximum atomic E-state index is 13.2. The van der Waals surface area contributed by atoms with Gasteiger partial charge in [-0.05, 0) is 48.4 Å². The number of hydrogen-bond donors (Lipinski definition) is 0. The molecule has 6 heteroatoms. The molecule has 0 bridgehead atoms. The van der Waals surface area contributed by atoms with Gasteiger partial charge in [-0.3, -0.25) is 4.79 Å². The van der Waals surface area contributed by atoms with Gasteiger partial charge >= 0.3 is 0 Å². The molecule has 0 unspecified atom stereocenters. The summed E-state index contributed by atoms with van der Waals surface area (Å²) in [6.07, 6.45) is 2.90. The van der Waals surface area contributed by atoms with Crippen LogP contribution in [0.5, 0.6) is 11.5 Å². The van der Waals surface area contributed by atoms with Crippen LogP contribution in [-0.2, 0) is 13.1 Å². The van der Waals surface area contributed by atoms with Crippen LogP contribution in [0.2, 0.25) is 5.02 Å². The van der Waals surface area contributed by atoms with E-state index in [9.17, 15) is 4.79 Å². The Balaban J connectivity index is 1.54. The Kier molecular flexibility index (Phi) is 5.76. The number of hydrogen-bond acceptors (Lipinski definition) is 3. The van der Waals surface area contributed by atoms with E-state index in [1.54, 1.807) is 18.2 Å². The van der Waals surface area contributed by atoms with Crippen LogP contribution in [0.15, 0.2) is 60.8 Å². The summed E-state index contributed by atoms with van der Waals surface area (Å²) in [4.78, 5) is 15.1. The number of carbonyl (C=O) groups is 1. The summed E-state index contributed by atoms with van der Waals surface area (Å²) in [6, 6.07) is 17.2. The van der Waals surface area contributed by atoms with Crippen LogP contribution >= 0.6 is 11.6 Å². The molecule has 0 radical (unpaired) electrons. The number of benzene rings is 2. The minimum Gasteiger partial charge on any atom is -0.454 e. The summed E-state index contributed by atoms with van der Waals surface area (Å²) in [7, 11) is 0. The van der Waals surface area contributed by atoms with Gasteiger partial charge in [0.25, 0.3) is 5.91 Å². The van der Waals surface area contributed by atoms with Crippen molar-refractivity contribution < 1.29 is 14.3 Å². The highest BCUT2D eigenvalue weighted by Crippen LogP contribution is 2.33. The Labute approximate surface area is 175 Å². The molecule has 4 rings (SSSR count). The van der Waals surface area contributed by atoms with Crippen molar-refractivity contribution >= 4 is 17.5 Å². The van der Waals surface area contributed by atoms with Gasteiger partial charge in [0.2, 0.25) is 6.79 Å². The summed E-state index contributed by atoms with van der Waals surface area (Å²) < 4.78 is 12.9. The zero-order chi connectivity index (χ0) is 20.2. The number of rotatable bonds is 7. The van der Waals surface area contributed by atoms with Gasteiger partial charge in [-0.2, -0.15) is 0 Å². The van der Waals surface area contributed by atoms with Crippen LogP contribution in [-0.4, -0.2) is 28.7 Å². The molecule has 150 valence electrons. The topological polar surface area (TPSA) is 43.7 Å². The Morgan fingerprint density at radius 1 is 1.10 bits per heavy atom. The van der Waals surface area contributed by atoms with Gasteiger partial charge in [0.1, 0.15) is 0 Å². The monoisotopic (exact) mass is 410 g/mol. The van der Waals surface area contributed by atoms with Crippen LogP contribution in [0.1, 0.15) is 35.0 Å². The fourth-order valence-corrected chi connectivity index (χ4v) is 3.68. The van der Waals surface area contributed by atoms with Gasteiger partial charge in [0, 0.05) is 35.6 Å². The molecule has 2 heterocycles. The van der Waals surface area contributed by atoms with Crippen LogP contribution in [0, 0.1) is 0 Å². The standard InChI is InChI=1S/C23H23ClN2O3/c1-2-11-26(23(27)17-9-10-21-22(13-17)29-16-28-21)15-19-7-5-12-25(19)14-18-6-3-4-8-20(18)24/h3-10,12-13H,2,11,14-16H2,1H3. The van der Waals surface area contributed by atoms with Crippen molar-refractivity contribution in [3.63, 3.8) is 0 Å². The third-order valence-corrected chi connectivity index (χ3v) is 5.34. The highest BCUT2D eigenvalue weighted by atomic mass is 35.5. The second-order valence-electron chi connectivity index (χ2n) is 7.01. The van der Waals surface area contributed by atoms with Crippen LogP contribution in [0.25, 0.3) is 0 Å². The van der Waals surface area contributed by atoms with Crippen LogP contribution in [0.3, 0.4) is 0 Å². The van der Waals surface area contributed by atoms with Gasteiger partial charge in [0.05, 0.1) is 6.54 Å². The molecule has 29 heavy (non-hydrogen) atoms. The zero-order valence-electron chi connectivity index (χ0n) is 16.3. The number of halogens is 1. The SMILES string of the molecule is CCCN(Cc1cccn1Cc1ccccc1Cl)C(=O)c1ccc2c(c1)OCO2. The number of aromatic nitrogens is 1. The summed E-state index contributed by atoms with van der Waals surface area (Å²) in [5, 5.41) is 0.744. The molecule has 3 aromatic rings. The van der Waals surface area contributed by atoms with Crippen molar-refractivity contribution in [3.05, 3.63) is 82.6 Å². The van der Waals surface area contributed by atoms with Crippen LogP contribution in [0.4, 0.5) is 0 Å². The number of nitrogens with zero attached hydrogens (tertiary/aromatic N) is 2. The minimum atomic E-state index is -0.0179. The third-order valence-electron chi connectivity index (χ3n) is 4.98. The predicted octanol–water partition coefficient (Wildman–Crippen LogP) is 4.97. The Morgan fingerprint density at radius 2 is 1.93 bits per heavy atom. The molecule has 2 aromatic carbocycles. The van der Waals surface area contributed by atoms with E-state index in [-0.39, 0.29) is 12.7 Å². The lowest BCUT2D eigenvalue weighted by Crippen LogP contribution is -2.32. The second-order valence-corrected chi connectivity index (χ2v) is 7.42. The molecule has 0 saturated heterocycles. The summed E-state index contributed by atoms with van der Waals surface area (Å²) >= 11 is 6.33. The lowest BCUT2D eigenvalue weighted by Gasteiger charge is -2.23. The summed E-state index contributed by atoms with van der Waals surface area (Å²) in [5.41, 5.74) is 2.72. The van der Waals surface area contributed by atoms with Crippen molar-refractivity contribution in [2.75, 3.05) is 13.3 Å². The van der Waals surface area contributed by atoms with Crippen molar-refractivity contribution in [2.45, 2.75) is 26.4 Å². The van der Waals surface area contributed by atoms with Crippen molar-refractivity contribution in [1.82, 2.24) is 9.47 Å². The largest absolute Gasteiger partial charge is 0.454 e. The number of ether oxygens (including phenoxy) is 2. The van der Waals surface area contributed by atoms with Gasteiger partial charge in [0.15, 0.2) is 11.5 Å². The summed E-state index contributed by atoms with van der Waals surface area (Å²) in [6.45, 7) is 4.13. The van der Waals surface area contributed by atoms with Crippen LogP contribution < -0.4 is 9.47 Å². The third kappa shape index (κ3) is 4.25. The van der Waals surface area contributed by atoms with E-state index < -0.39 is 0 Å². The van der Waals surface area contributed by atoms with E-state index >= 15 is 0 Å². The lowest BCUT2D eigenvalue weighted by atomic mass is 10.1. The smallest absolute Gasteiger partial charge is 0.254 e. The second kappa shape index (κ2) is 8.62. The molecule has 0 aliphatic carbocycles. The normalized spacial score (nSPS) is 12.2. The first-order valence-electron chi connectivity index (χ1n) is 9.72. The highest BCUT2D eigenvalue weighted by molar-refractivity contribution is 6.31. The Bertz CT molecular complexity index is 1010. The minimum absolute atomic E-state index is 0.0179. The molecule has 1 aromatic heterocycles. The lowest BCUT2D eigenvalue weighted by molar-refractivity contribution is 0.0739. The van der Waals surface area contributed by atoms with Crippen molar-refractivity contribution in [1.29, 1.82) is 0 Å². The predicted molar refractivity (Wildman–Crippen MR) is 113 cm³/mol. The first kappa shape index (κ1) is 19.4. The molecule has 1 amide bonds. The number of carbonyl (C=O) groups excluding carboxylic acids is 1. The number of amides is 1. The van der Waals surface area contributed by atoms with E-state index in [2.05, 4.69) is 11.5 Å². The van der Waals surface area contributed by atoms with E-state index in [0.717, 1.165) is 22.7 Å². The molecule has 0 spiro atoms.